The van der Waals surface area contributed by atoms with Crippen LogP contribution in [-0.2, 0) is 16.0 Å². The molecule has 6 heteroatoms. The first-order valence-electron chi connectivity index (χ1n) is 8.74. The maximum Gasteiger partial charge on any atom is 0.224 e. The van der Waals surface area contributed by atoms with Crippen molar-refractivity contribution in [3.63, 3.8) is 0 Å². The quantitative estimate of drug-likeness (QED) is 0.563. The van der Waals surface area contributed by atoms with E-state index in [1.54, 1.807) is 0 Å². The Labute approximate surface area is 144 Å². The molecule has 1 fully saturated rings. The zero-order valence-electron chi connectivity index (χ0n) is 14.2. The monoisotopic (exact) mass is 332 g/mol. The highest BCUT2D eigenvalue weighted by Gasteiger charge is 2.09. The molecular formula is C18H28N4O2. The third-order valence-electron chi connectivity index (χ3n) is 4.06. The van der Waals surface area contributed by atoms with Gasteiger partial charge in [0.05, 0.1) is 6.42 Å². The summed E-state index contributed by atoms with van der Waals surface area (Å²) in [6, 6.07) is 9.59. The molecule has 2 amide bonds. The van der Waals surface area contributed by atoms with Gasteiger partial charge in [0.25, 0.3) is 0 Å². The Bertz CT molecular complexity index is 501. The molecule has 1 aliphatic heterocycles. The Hall–Kier alpha value is -1.92. The molecule has 24 heavy (non-hydrogen) atoms. The molecule has 0 radical (unpaired) electrons. The summed E-state index contributed by atoms with van der Waals surface area (Å²) in [4.78, 5) is 25.9. The largest absolute Gasteiger partial charge is 0.356 e. The summed E-state index contributed by atoms with van der Waals surface area (Å²) in [7, 11) is 0. The van der Waals surface area contributed by atoms with E-state index in [4.69, 9.17) is 0 Å². The van der Waals surface area contributed by atoms with Crippen LogP contribution in [0.1, 0.15) is 18.4 Å². The van der Waals surface area contributed by atoms with Gasteiger partial charge in [-0.05, 0) is 18.5 Å². The summed E-state index contributed by atoms with van der Waals surface area (Å²) >= 11 is 0. The van der Waals surface area contributed by atoms with Crippen LogP contribution >= 0.6 is 0 Å². The van der Waals surface area contributed by atoms with Gasteiger partial charge in [-0.25, -0.2) is 0 Å². The second-order valence-corrected chi connectivity index (χ2v) is 6.06. The van der Waals surface area contributed by atoms with Crippen molar-refractivity contribution >= 4 is 11.8 Å². The number of amides is 2. The minimum absolute atomic E-state index is 0.00433. The summed E-state index contributed by atoms with van der Waals surface area (Å²) in [5.41, 5.74) is 0.979. The molecule has 1 heterocycles. The van der Waals surface area contributed by atoms with E-state index in [2.05, 4.69) is 20.9 Å². The maximum absolute atomic E-state index is 11.8. The number of nitrogens with zero attached hydrogens (tertiary/aromatic N) is 1. The van der Waals surface area contributed by atoms with Crippen LogP contribution in [0.5, 0.6) is 0 Å². The molecule has 1 aromatic rings. The fraction of sp³-hybridized carbons (Fsp3) is 0.556. The van der Waals surface area contributed by atoms with Gasteiger partial charge in [-0.3, -0.25) is 9.59 Å². The maximum atomic E-state index is 11.8. The molecule has 0 unspecified atom stereocenters. The zero-order chi connectivity index (χ0) is 17.0. The van der Waals surface area contributed by atoms with E-state index in [0.717, 1.165) is 44.7 Å². The zero-order valence-corrected chi connectivity index (χ0v) is 14.2. The van der Waals surface area contributed by atoms with Crippen molar-refractivity contribution in [1.82, 2.24) is 20.9 Å². The predicted octanol–water partition coefficient (Wildman–Crippen LogP) is 0.147. The number of piperazine rings is 1. The number of carbonyl (C=O) groups excluding carboxylic acids is 2. The van der Waals surface area contributed by atoms with Gasteiger partial charge < -0.3 is 20.9 Å². The van der Waals surface area contributed by atoms with Crippen molar-refractivity contribution in [3.05, 3.63) is 35.9 Å². The molecule has 1 aromatic carbocycles. The molecule has 2 rings (SSSR count). The smallest absolute Gasteiger partial charge is 0.224 e. The topological polar surface area (TPSA) is 73.5 Å². The van der Waals surface area contributed by atoms with Crippen molar-refractivity contribution in [2.45, 2.75) is 19.3 Å². The van der Waals surface area contributed by atoms with Crippen LogP contribution in [0.25, 0.3) is 0 Å². The van der Waals surface area contributed by atoms with E-state index in [0.29, 0.717) is 25.9 Å². The molecule has 3 N–H and O–H groups in total. The van der Waals surface area contributed by atoms with Crippen LogP contribution in [-0.4, -0.2) is 62.5 Å². The third kappa shape index (κ3) is 7.57. The van der Waals surface area contributed by atoms with Gasteiger partial charge in [-0.15, -0.1) is 0 Å². The van der Waals surface area contributed by atoms with Gasteiger partial charge in [0.2, 0.25) is 11.8 Å². The standard InChI is InChI=1S/C18H28N4O2/c23-17(20-8-4-12-22-13-10-19-11-14-22)7-9-21-18(24)15-16-5-2-1-3-6-16/h1-3,5-6,19H,4,7-15H2,(H,20,23)(H,21,24). The summed E-state index contributed by atoms with van der Waals surface area (Å²) in [6.45, 7) is 6.37. The Morgan fingerprint density at radius 1 is 1.00 bits per heavy atom. The van der Waals surface area contributed by atoms with Crippen LogP contribution < -0.4 is 16.0 Å². The third-order valence-corrected chi connectivity index (χ3v) is 4.06. The van der Waals surface area contributed by atoms with Crippen molar-refractivity contribution in [2.24, 2.45) is 0 Å². The van der Waals surface area contributed by atoms with Crippen LogP contribution in [0, 0.1) is 0 Å². The molecule has 1 saturated heterocycles. The van der Waals surface area contributed by atoms with Crippen LogP contribution in [0.2, 0.25) is 0 Å². The number of benzene rings is 1. The molecule has 0 bridgehead atoms. The van der Waals surface area contributed by atoms with Crippen molar-refractivity contribution in [2.75, 3.05) is 45.8 Å². The fourth-order valence-corrected chi connectivity index (χ4v) is 2.71. The Morgan fingerprint density at radius 3 is 2.46 bits per heavy atom. The first-order chi connectivity index (χ1) is 11.7. The molecular weight excluding hydrogens is 304 g/mol. The number of nitrogens with one attached hydrogen (secondary N) is 3. The van der Waals surface area contributed by atoms with Crippen LogP contribution in [0.15, 0.2) is 30.3 Å². The van der Waals surface area contributed by atoms with E-state index < -0.39 is 0 Å². The van der Waals surface area contributed by atoms with E-state index in [9.17, 15) is 9.59 Å². The molecule has 0 spiro atoms. The molecule has 1 aliphatic rings. The summed E-state index contributed by atoms with van der Waals surface area (Å²) in [6.07, 6.45) is 1.65. The highest BCUT2D eigenvalue weighted by molar-refractivity contribution is 5.80. The Kier molecular flexibility index (Phi) is 8.27. The normalized spacial score (nSPS) is 15.0. The van der Waals surface area contributed by atoms with E-state index >= 15 is 0 Å². The second kappa shape index (κ2) is 10.8. The second-order valence-electron chi connectivity index (χ2n) is 6.06. The fourth-order valence-electron chi connectivity index (χ4n) is 2.71. The Morgan fingerprint density at radius 2 is 1.71 bits per heavy atom. The van der Waals surface area contributed by atoms with Gasteiger partial charge >= 0.3 is 0 Å². The van der Waals surface area contributed by atoms with E-state index in [1.807, 2.05) is 30.3 Å². The van der Waals surface area contributed by atoms with Crippen LogP contribution in [0.3, 0.4) is 0 Å². The van der Waals surface area contributed by atoms with Gasteiger partial charge in [-0.2, -0.15) is 0 Å². The minimum Gasteiger partial charge on any atom is -0.356 e. The highest BCUT2D eigenvalue weighted by atomic mass is 16.2. The molecule has 0 aliphatic carbocycles. The molecule has 0 aromatic heterocycles. The van der Waals surface area contributed by atoms with Crippen molar-refractivity contribution in [3.8, 4) is 0 Å². The first-order valence-corrected chi connectivity index (χ1v) is 8.74. The SMILES string of the molecule is O=C(CCNC(=O)Cc1ccccc1)NCCCN1CCNCC1. The van der Waals surface area contributed by atoms with Gasteiger partial charge in [0.15, 0.2) is 0 Å². The molecule has 132 valence electrons. The first kappa shape index (κ1) is 18.4. The van der Waals surface area contributed by atoms with E-state index in [1.165, 1.54) is 0 Å². The number of carbonyl (C=O) groups is 2. The van der Waals surface area contributed by atoms with Crippen molar-refractivity contribution < 1.29 is 9.59 Å². The summed E-state index contributed by atoms with van der Waals surface area (Å²) in [5.74, 6) is -0.0528. The molecule has 0 saturated carbocycles. The Balaban J connectivity index is 1.48. The average molecular weight is 332 g/mol. The van der Waals surface area contributed by atoms with Crippen molar-refractivity contribution in [1.29, 1.82) is 0 Å². The van der Waals surface area contributed by atoms with Gasteiger partial charge in [0, 0.05) is 45.7 Å². The highest BCUT2D eigenvalue weighted by Crippen LogP contribution is 1.99. The molecule has 6 nitrogen and oxygen atoms in total. The van der Waals surface area contributed by atoms with Gasteiger partial charge in [0.1, 0.15) is 0 Å². The van der Waals surface area contributed by atoms with Gasteiger partial charge in [-0.1, -0.05) is 30.3 Å². The minimum atomic E-state index is -0.0484. The summed E-state index contributed by atoms with van der Waals surface area (Å²) in [5, 5.41) is 9.03. The lowest BCUT2D eigenvalue weighted by Gasteiger charge is -2.27. The number of rotatable bonds is 9. The lowest BCUT2D eigenvalue weighted by Crippen LogP contribution is -2.44. The number of hydrogen-bond donors (Lipinski definition) is 3. The molecule has 0 atom stereocenters. The predicted molar refractivity (Wildman–Crippen MR) is 94.7 cm³/mol. The average Bonchev–Trinajstić information content (AvgIpc) is 2.60. The number of hydrogen-bond acceptors (Lipinski definition) is 4. The lowest BCUT2D eigenvalue weighted by atomic mass is 10.1. The van der Waals surface area contributed by atoms with E-state index in [-0.39, 0.29) is 11.8 Å². The van der Waals surface area contributed by atoms with Crippen LogP contribution in [0.4, 0.5) is 0 Å². The summed E-state index contributed by atoms with van der Waals surface area (Å²) < 4.78 is 0. The lowest BCUT2D eigenvalue weighted by molar-refractivity contribution is -0.122.